The molecule has 4 rings (SSSR count). The van der Waals surface area contributed by atoms with Crippen LogP contribution in [0.3, 0.4) is 0 Å². The molecular weight excluding hydrogens is 366 g/mol. The molecule has 1 aliphatic rings. The summed E-state index contributed by atoms with van der Waals surface area (Å²) in [7, 11) is 0. The Hall–Kier alpha value is -3.08. The highest BCUT2D eigenvalue weighted by atomic mass is 16.5. The number of ether oxygens (including phenoxy) is 1. The minimum Gasteiger partial charge on any atom is -0.494 e. The van der Waals surface area contributed by atoms with Gasteiger partial charge in [0.2, 0.25) is 5.76 Å². The van der Waals surface area contributed by atoms with E-state index in [1.54, 1.807) is 4.90 Å². The number of carbonyl (C=O) groups is 1. The molecule has 1 atom stereocenters. The summed E-state index contributed by atoms with van der Waals surface area (Å²) in [5, 5.41) is 0.531. The lowest BCUT2D eigenvalue weighted by Gasteiger charge is -2.24. The number of aryl methyl sites for hydroxylation is 2. The van der Waals surface area contributed by atoms with Gasteiger partial charge in [0.05, 0.1) is 23.6 Å². The Morgan fingerprint density at radius 3 is 2.45 bits per heavy atom. The Morgan fingerprint density at radius 1 is 1.07 bits per heavy atom. The second-order valence-electron chi connectivity index (χ2n) is 7.54. The van der Waals surface area contributed by atoms with Crippen LogP contribution in [-0.2, 0) is 0 Å². The molecule has 1 aliphatic heterocycles. The molecule has 1 amide bonds. The average molecular weight is 391 g/mol. The van der Waals surface area contributed by atoms with Crippen LogP contribution in [-0.4, -0.2) is 24.0 Å². The second-order valence-corrected chi connectivity index (χ2v) is 7.54. The lowest BCUT2D eigenvalue weighted by Crippen LogP contribution is -2.30. The molecule has 0 aliphatic carbocycles. The monoisotopic (exact) mass is 391 g/mol. The van der Waals surface area contributed by atoms with Gasteiger partial charge >= 0.3 is 0 Å². The normalized spacial score (nSPS) is 15.8. The summed E-state index contributed by atoms with van der Waals surface area (Å²) < 4.78 is 11.6. The standard InChI is InChI=1S/C24H25NO4/c1-5-11-25-20(16-7-9-17(10-8-16)28-6-2)19-21(26)18-13-14(3)12-15(4)22(18)29-23(19)24(25)27/h7-10,12-13,20H,5-6,11H2,1-4H3. The van der Waals surface area contributed by atoms with Crippen molar-refractivity contribution in [1.29, 1.82) is 0 Å². The summed E-state index contributed by atoms with van der Waals surface area (Å²) in [6, 6.07) is 11.0. The van der Waals surface area contributed by atoms with Crippen LogP contribution in [0.4, 0.5) is 0 Å². The van der Waals surface area contributed by atoms with E-state index >= 15 is 0 Å². The number of hydrogen-bond donors (Lipinski definition) is 0. The Morgan fingerprint density at radius 2 is 1.79 bits per heavy atom. The molecule has 150 valence electrons. The highest BCUT2D eigenvalue weighted by molar-refractivity contribution is 5.99. The van der Waals surface area contributed by atoms with Gasteiger partial charge in [0.1, 0.15) is 11.3 Å². The van der Waals surface area contributed by atoms with Crippen LogP contribution in [0, 0.1) is 13.8 Å². The highest BCUT2D eigenvalue weighted by Crippen LogP contribution is 2.39. The molecule has 0 N–H and O–H groups in total. The first-order valence-electron chi connectivity index (χ1n) is 10.1. The van der Waals surface area contributed by atoms with E-state index in [4.69, 9.17) is 9.15 Å². The zero-order chi connectivity index (χ0) is 20.7. The first-order valence-corrected chi connectivity index (χ1v) is 10.1. The molecule has 0 saturated heterocycles. The van der Waals surface area contributed by atoms with E-state index in [1.165, 1.54) is 0 Å². The first-order chi connectivity index (χ1) is 14.0. The second kappa shape index (κ2) is 7.39. The first kappa shape index (κ1) is 19.2. The highest BCUT2D eigenvalue weighted by Gasteiger charge is 2.42. The van der Waals surface area contributed by atoms with Crippen molar-refractivity contribution in [3.63, 3.8) is 0 Å². The summed E-state index contributed by atoms with van der Waals surface area (Å²) in [6.45, 7) is 8.94. The van der Waals surface area contributed by atoms with Gasteiger partial charge in [-0.05, 0) is 62.1 Å². The van der Waals surface area contributed by atoms with Crippen molar-refractivity contribution in [2.45, 2.75) is 40.2 Å². The fourth-order valence-electron chi connectivity index (χ4n) is 4.21. The van der Waals surface area contributed by atoms with Gasteiger partial charge in [-0.3, -0.25) is 9.59 Å². The molecule has 2 aromatic carbocycles. The van der Waals surface area contributed by atoms with Crippen molar-refractivity contribution < 1.29 is 13.9 Å². The van der Waals surface area contributed by atoms with Gasteiger partial charge < -0.3 is 14.1 Å². The van der Waals surface area contributed by atoms with E-state index in [0.29, 0.717) is 29.7 Å². The van der Waals surface area contributed by atoms with Gasteiger partial charge in [-0.25, -0.2) is 0 Å². The molecule has 5 heteroatoms. The van der Waals surface area contributed by atoms with Crippen molar-refractivity contribution >= 4 is 16.9 Å². The molecule has 1 unspecified atom stereocenters. The van der Waals surface area contributed by atoms with Crippen LogP contribution in [0.5, 0.6) is 5.75 Å². The SMILES string of the molecule is CCCN1C(=O)c2oc3c(C)cc(C)cc3c(=O)c2C1c1ccc(OCC)cc1. The minimum absolute atomic E-state index is 0.126. The largest absolute Gasteiger partial charge is 0.494 e. The summed E-state index contributed by atoms with van der Waals surface area (Å²) in [5.41, 5.74) is 3.54. The van der Waals surface area contributed by atoms with E-state index < -0.39 is 6.04 Å². The van der Waals surface area contributed by atoms with Crippen LogP contribution >= 0.6 is 0 Å². The molecule has 0 fully saturated rings. The molecule has 0 bridgehead atoms. The maximum atomic E-state index is 13.5. The van der Waals surface area contributed by atoms with E-state index in [-0.39, 0.29) is 17.1 Å². The predicted molar refractivity (Wildman–Crippen MR) is 113 cm³/mol. The number of amides is 1. The quantitative estimate of drug-likeness (QED) is 0.629. The van der Waals surface area contributed by atoms with E-state index in [9.17, 15) is 9.59 Å². The molecule has 5 nitrogen and oxygen atoms in total. The average Bonchev–Trinajstić information content (AvgIpc) is 2.97. The number of benzene rings is 2. The number of fused-ring (bicyclic) bond motifs is 2. The number of carbonyl (C=O) groups excluding carboxylic acids is 1. The Labute approximate surface area is 169 Å². The van der Waals surface area contributed by atoms with Crippen LogP contribution in [0.2, 0.25) is 0 Å². The van der Waals surface area contributed by atoms with Crippen molar-refractivity contribution in [2.75, 3.05) is 13.2 Å². The minimum atomic E-state index is -0.449. The topological polar surface area (TPSA) is 59.8 Å². The van der Waals surface area contributed by atoms with Gasteiger partial charge in [0, 0.05) is 6.54 Å². The zero-order valence-corrected chi connectivity index (χ0v) is 17.2. The van der Waals surface area contributed by atoms with Crippen molar-refractivity contribution in [1.82, 2.24) is 4.90 Å². The molecule has 0 saturated carbocycles. The number of rotatable bonds is 5. The summed E-state index contributed by atoms with van der Waals surface area (Å²) in [6.07, 6.45) is 0.791. The van der Waals surface area contributed by atoms with E-state index in [1.807, 2.05) is 64.1 Å². The van der Waals surface area contributed by atoms with Gasteiger partial charge in [-0.15, -0.1) is 0 Å². The van der Waals surface area contributed by atoms with E-state index in [2.05, 4.69) is 0 Å². The number of nitrogens with zero attached hydrogens (tertiary/aromatic N) is 1. The van der Waals surface area contributed by atoms with Gasteiger partial charge in [0.15, 0.2) is 5.43 Å². The molecule has 1 aromatic heterocycles. The maximum Gasteiger partial charge on any atom is 0.290 e. The van der Waals surface area contributed by atoms with Gasteiger partial charge in [-0.2, -0.15) is 0 Å². The van der Waals surface area contributed by atoms with Crippen LogP contribution in [0.15, 0.2) is 45.6 Å². The molecule has 0 radical (unpaired) electrons. The maximum absolute atomic E-state index is 13.5. The van der Waals surface area contributed by atoms with Gasteiger partial charge in [-0.1, -0.05) is 25.1 Å². The smallest absolute Gasteiger partial charge is 0.290 e. The lowest BCUT2D eigenvalue weighted by molar-refractivity contribution is 0.0728. The molecule has 3 aromatic rings. The van der Waals surface area contributed by atoms with Crippen molar-refractivity contribution in [3.05, 3.63) is 74.6 Å². The lowest BCUT2D eigenvalue weighted by atomic mass is 9.97. The summed E-state index contributed by atoms with van der Waals surface area (Å²) in [5.74, 6) is 0.709. The van der Waals surface area contributed by atoms with E-state index in [0.717, 1.165) is 28.9 Å². The zero-order valence-electron chi connectivity index (χ0n) is 17.2. The molecule has 0 spiro atoms. The van der Waals surface area contributed by atoms with Gasteiger partial charge in [0.25, 0.3) is 5.91 Å². The Balaban J connectivity index is 1.95. The molecule has 2 heterocycles. The molecule has 29 heavy (non-hydrogen) atoms. The van der Waals surface area contributed by atoms with Crippen LogP contribution < -0.4 is 10.2 Å². The predicted octanol–water partition coefficient (Wildman–Crippen LogP) is 4.76. The van der Waals surface area contributed by atoms with Crippen molar-refractivity contribution in [2.24, 2.45) is 0 Å². The third-order valence-corrected chi connectivity index (χ3v) is 5.37. The number of hydrogen-bond acceptors (Lipinski definition) is 4. The fraction of sp³-hybridized carbons (Fsp3) is 0.333. The molecular formula is C24H25NO4. The van der Waals surface area contributed by atoms with Crippen LogP contribution in [0.25, 0.3) is 11.0 Å². The van der Waals surface area contributed by atoms with Crippen molar-refractivity contribution in [3.8, 4) is 5.75 Å². The fourth-order valence-corrected chi connectivity index (χ4v) is 4.21. The van der Waals surface area contributed by atoms with Crippen LogP contribution in [0.1, 0.15) is 59.1 Å². The third kappa shape index (κ3) is 3.11. The Bertz CT molecular complexity index is 1140. The summed E-state index contributed by atoms with van der Waals surface area (Å²) >= 11 is 0. The summed E-state index contributed by atoms with van der Waals surface area (Å²) in [4.78, 5) is 28.4. The third-order valence-electron chi connectivity index (χ3n) is 5.37. The Kier molecular flexibility index (Phi) is 4.91.